The Morgan fingerprint density at radius 3 is 2.59 bits per heavy atom. The normalized spacial score (nSPS) is 12.1. The number of carbonyl (C=O) groups is 2. The molecule has 0 radical (unpaired) electrons. The van der Waals surface area contributed by atoms with E-state index in [2.05, 4.69) is 20.8 Å². The predicted octanol–water partition coefficient (Wildman–Crippen LogP) is 2.45. The molecular formula is C19H20ClN5O2. The summed E-state index contributed by atoms with van der Waals surface area (Å²) in [5.74, 6) is -0.175. The van der Waals surface area contributed by atoms with Gasteiger partial charge in [0.05, 0.1) is 17.1 Å². The van der Waals surface area contributed by atoms with E-state index in [0.717, 1.165) is 0 Å². The molecule has 0 fully saturated rings. The first-order valence-electron chi connectivity index (χ1n) is 8.59. The minimum Gasteiger partial charge on any atom is -0.347 e. The first-order chi connectivity index (χ1) is 13.0. The topological polar surface area (TPSA) is 88.4 Å². The van der Waals surface area contributed by atoms with Gasteiger partial charge in [0.1, 0.15) is 6.04 Å². The van der Waals surface area contributed by atoms with Crippen LogP contribution < -0.4 is 10.6 Å². The number of benzene rings is 1. The van der Waals surface area contributed by atoms with Crippen LogP contribution in [-0.4, -0.2) is 32.5 Å². The van der Waals surface area contributed by atoms with E-state index in [1.807, 2.05) is 38.2 Å². The van der Waals surface area contributed by atoms with Gasteiger partial charge < -0.3 is 10.6 Å². The molecule has 2 heterocycles. The zero-order valence-electron chi connectivity index (χ0n) is 15.0. The molecule has 0 aliphatic rings. The lowest BCUT2D eigenvalue weighted by Crippen LogP contribution is -2.49. The van der Waals surface area contributed by atoms with Crippen molar-refractivity contribution >= 4 is 29.1 Å². The third kappa shape index (κ3) is 4.25. The van der Waals surface area contributed by atoms with Crippen LogP contribution in [0.1, 0.15) is 30.0 Å². The third-order valence-corrected chi connectivity index (χ3v) is 4.49. The molecule has 0 aliphatic carbocycles. The van der Waals surface area contributed by atoms with Crippen LogP contribution in [0.4, 0.5) is 0 Å². The number of amides is 2. The molecule has 0 saturated heterocycles. The number of pyridine rings is 1. The first-order valence-corrected chi connectivity index (χ1v) is 8.97. The molecular weight excluding hydrogens is 366 g/mol. The standard InChI is InChI=1S/C19H20ClN5O2/c1-12(2)17(22-18(26)13-7-3-4-8-14(13)20)19(27)21-11-16-24-23-15-9-5-6-10-25(15)16/h3-10,12,17H,11H2,1-2H3,(H,21,27)(H,22,26). The maximum atomic E-state index is 12.7. The van der Waals surface area contributed by atoms with E-state index < -0.39 is 6.04 Å². The number of hydrogen-bond donors (Lipinski definition) is 2. The summed E-state index contributed by atoms with van der Waals surface area (Å²) in [4.78, 5) is 25.1. The van der Waals surface area contributed by atoms with E-state index in [1.54, 1.807) is 28.7 Å². The lowest BCUT2D eigenvalue weighted by molar-refractivity contribution is -0.124. The number of halogens is 1. The molecule has 1 unspecified atom stereocenters. The molecule has 140 valence electrons. The Labute approximate surface area is 161 Å². The highest BCUT2D eigenvalue weighted by Crippen LogP contribution is 2.15. The number of rotatable bonds is 6. The van der Waals surface area contributed by atoms with Gasteiger partial charge in [-0.3, -0.25) is 14.0 Å². The van der Waals surface area contributed by atoms with Crippen molar-refractivity contribution in [1.82, 2.24) is 25.2 Å². The summed E-state index contributed by atoms with van der Waals surface area (Å²) in [6.07, 6.45) is 1.83. The summed E-state index contributed by atoms with van der Waals surface area (Å²) in [5.41, 5.74) is 1.04. The number of nitrogens with zero attached hydrogens (tertiary/aromatic N) is 3. The van der Waals surface area contributed by atoms with Gasteiger partial charge >= 0.3 is 0 Å². The van der Waals surface area contributed by atoms with E-state index in [0.29, 0.717) is 22.1 Å². The average molecular weight is 386 g/mol. The van der Waals surface area contributed by atoms with Crippen LogP contribution in [0.3, 0.4) is 0 Å². The molecule has 0 bridgehead atoms. The van der Waals surface area contributed by atoms with E-state index >= 15 is 0 Å². The van der Waals surface area contributed by atoms with Crippen molar-refractivity contribution in [2.24, 2.45) is 5.92 Å². The van der Waals surface area contributed by atoms with E-state index in [9.17, 15) is 9.59 Å². The second-order valence-electron chi connectivity index (χ2n) is 6.44. The second kappa shape index (κ2) is 8.18. The molecule has 2 amide bonds. The Bertz CT molecular complexity index is 969. The van der Waals surface area contributed by atoms with Gasteiger partial charge in [-0.05, 0) is 30.2 Å². The maximum absolute atomic E-state index is 12.7. The zero-order valence-corrected chi connectivity index (χ0v) is 15.8. The fraction of sp³-hybridized carbons (Fsp3) is 0.263. The van der Waals surface area contributed by atoms with Gasteiger partial charge in [0, 0.05) is 6.20 Å². The quantitative estimate of drug-likeness (QED) is 0.682. The van der Waals surface area contributed by atoms with Crippen LogP contribution in [-0.2, 0) is 11.3 Å². The van der Waals surface area contributed by atoms with Crippen LogP contribution >= 0.6 is 11.6 Å². The van der Waals surface area contributed by atoms with Crippen molar-refractivity contribution in [3.63, 3.8) is 0 Å². The van der Waals surface area contributed by atoms with Gasteiger partial charge in [-0.1, -0.05) is 43.6 Å². The van der Waals surface area contributed by atoms with Gasteiger partial charge in [0.2, 0.25) is 5.91 Å². The molecule has 8 heteroatoms. The lowest BCUT2D eigenvalue weighted by Gasteiger charge is -2.21. The molecule has 1 atom stereocenters. The molecule has 0 spiro atoms. The zero-order chi connectivity index (χ0) is 19.4. The fourth-order valence-electron chi connectivity index (χ4n) is 2.69. The minimum absolute atomic E-state index is 0.105. The summed E-state index contributed by atoms with van der Waals surface area (Å²) in [7, 11) is 0. The molecule has 1 aromatic carbocycles. The van der Waals surface area contributed by atoms with E-state index in [1.165, 1.54) is 0 Å². The van der Waals surface area contributed by atoms with Crippen LogP contribution in [0.25, 0.3) is 5.65 Å². The van der Waals surface area contributed by atoms with E-state index in [-0.39, 0.29) is 24.3 Å². The van der Waals surface area contributed by atoms with Crippen molar-refractivity contribution in [2.45, 2.75) is 26.4 Å². The Morgan fingerprint density at radius 1 is 1.11 bits per heavy atom. The third-order valence-electron chi connectivity index (χ3n) is 4.16. The number of hydrogen-bond acceptors (Lipinski definition) is 4. The summed E-state index contributed by atoms with van der Waals surface area (Å²) in [6.45, 7) is 3.93. The predicted molar refractivity (Wildman–Crippen MR) is 102 cm³/mol. The monoisotopic (exact) mass is 385 g/mol. The van der Waals surface area contributed by atoms with Crippen molar-refractivity contribution in [3.05, 3.63) is 65.1 Å². The number of carbonyl (C=O) groups excluding carboxylic acids is 2. The molecule has 0 aliphatic heterocycles. The van der Waals surface area contributed by atoms with Crippen LogP contribution in [0.5, 0.6) is 0 Å². The van der Waals surface area contributed by atoms with Crippen LogP contribution in [0.2, 0.25) is 5.02 Å². The Morgan fingerprint density at radius 2 is 1.85 bits per heavy atom. The summed E-state index contributed by atoms with van der Waals surface area (Å²) >= 11 is 6.07. The molecule has 2 N–H and O–H groups in total. The fourth-order valence-corrected chi connectivity index (χ4v) is 2.91. The summed E-state index contributed by atoms with van der Waals surface area (Å²) in [6, 6.07) is 11.6. The van der Waals surface area contributed by atoms with Crippen LogP contribution in [0, 0.1) is 5.92 Å². The number of fused-ring (bicyclic) bond motifs is 1. The molecule has 7 nitrogen and oxygen atoms in total. The number of aromatic nitrogens is 3. The summed E-state index contributed by atoms with van der Waals surface area (Å²) < 4.78 is 1.80. The molecule has 27 heavy (non-hydrogen) atoms. The Kier molecular flexibility index (Phi) is 5.71. The molecule has 3 rings (SSSR count). The highest BCUT2D eigenvalue weighted by molar-refractivity contribution is 6.33. The van der Waals surface area contributed by atoms with Crippen molar-refractivity contribution in [1.29, 1.82) is 0 Å². The first kappa shape index (κ1) is 18.8. The average Bonchev–Trinajstić information content (AvgIpc) is 3.07. The Hall–Kier alpha value is -2.93. The summed E-state index contributed by atoms with van der Waals surface area (Å²) in [5, 5.41) is 14.1. The van der Waals surface area contributed by atoms with Gasteiger partial charge in [0.25, 0.3) is 5.91 Å². The van der Waals surface area contributed by atoms with Crippen molar-refractivity contribution < 1.29 is 9.59 Å². The molecule has 3 aromatic rings. The van der Waals surface area contributed by atoms with Crippen molar-refractivity contribution in [2.75, 3.05) is 0 Å². The Balaban J connectivity index is 1.68. The second-order valence-corrected chi connectivity index (χ2v) is 6.85. The minimum atomic E-state index is -0.701. The van der Waals surface area contributed by atoms with Gasteiger partial charge in [-0.2, -0.15) is 0 Å². The van der Waals surface area contributed by atoms with Gasteiger partial charge in [-0.25, -0.2) is 0 Å². The van der Waals surface area contributed by atoms with Crippen molar-refractivity contribution in [3.8, 4) is 0 Å². The van der Waals surface area contributed by atoms with Gasteiger partial charge in [-0.15, -0.1) is 10.2 Å². The van der Waals surface area contributed by atoms with Gasteiger partial charge in [0.15, 0.2) is 11.5 Å². The van der Waals surface area contributed by atoms with Crippen LogP contribution in [0.15, 0.2) is 48.7 Å². The smallest absolute Gasteiger partial charge is 0.253 e. The SMILES string of the molecule is CC(C)C(NC(=O)c1ccccc1Cl)C(=O)NCc1nnc2ccccn12. The molecule has 0 saturated carbocycles. The largest absolute Gasteiger partial charge is 0.347 e. The van der Waals surface area contributed by atoms with E-state index in [4.69, 9.17) is 11.6 Å². The number of nitrogens with one attached hydrogen (secondary N) is 2. The highest BCUT2D eigenvalue weighted by atomic mass is 35.5. The molecule has 2 aromatic heterocycles. The highest BCUT2D eigenvalue weighted by Gasteiger charge is 2.25. The lowest BCUT2D eigenvalue weighted by atomic mass is 10.0. The maximum Gasteiger partial charge on any atom is 0.253 e.